The monoisotopic (exact) mass is 291 g/mol. The van der Waals surface area contributed by atoms with Crippen molar-refractivity contribution in [3.63, 3.8) is 0 Å². The molecular weight excluding hydrogens is 266 g/mol. The second-order valence-corrected chi connectivity index (χ2v) is 5.68. The van der Waals surface area contributed by atoms with E-state index in [1.165, 1.54) is 5.56 Å². The van der Waals surface area contributed by atoms with Crippen LogP contribution in [-0.2, 0) is 4.79 Å². The van der Waals surface area contributed by atoms with Gasteiger partial charge in [-0.15, -0.1) is 0 Å². The maximum atomic E-state index is 10.9. The van der Waals surface area contributed by atoms with Crippen LogP contribution in [0.25, 0.3) is 0 Å². The number of rotatable bonds is 6. The summed E-state index contributed by atoms with van der Waals surface area (Å²) in [6.07, 6.45) is 2.10. The lowest BCUT2D eigenvalue weighted by Crippen LogP contribution is -2.45. The predicted molar refractivity (Wildman–Crippen MR) is 83.2 cm³/mol. The number of primary amides is 1. The van der Waals surface area contributed by atoms with Gasteiger partial charge in [-0.1, -0.05) is 12.1 Å². The number of likely N-dealkylation sites (tertiary alicyclic amines) is 1. The summed E-state index contributed by atoms with van der Waals surface area (Å²) in [4.78, 5) is 13.0. The fourth-order valence-electron chi connectivity index (χ4n) is 2.82. The lowest BCUT2D eigenvalue weighted by molar-refractivity contribution is -0.119. The van der Waals surface area contributed by atoms with Gasteiger partial charge in [0, 0.05) is 25.2 Å². The second-order valence-electron chi connectivity index (χ2n) is 5.68. The smallest absolute Gasteiger partial charge is 0.231 e. The minimum absolute atomic E-state index is 0.243. The first-order chi connectivity index (χ1) is 10.1. The quantitative estimate of drug-likeness (QED) is 0.829. The Morgan fingerprint density at radius 3 is 2.52 bits per heavy atom. The first kappa shape index (κ1) is 15.8. The zero-order valence-electron chi connectivity index (χ0n) is 12.8. The fourth-order valence-corrected chi connectivity index (χ4v) is 2.82. The molecule has 21 heavy (non-hydrogen) atoms. The minimum atomic E-state index is -0.243. The third-order valence-electron chi connectivity index (χ3n) is 4.07. The summed E-state index contributed by atoms with van der Waals surface area (Å²) in [6.45, 7) is 4.41. The number of hydrogen-bond donors (Lipinski definition) is 2. The van der Waals surface area contributed by atoms with E-state index in [-0.39, 0.29) is 5.91 Å². The highest BCUT2D eigenvalue weighted by Crippen LogP contribution is 2.20. The van der Waals surface area contributed by atoms with Crippen LogP contribution in [0.4, 0.5) is 0 Å². The van der Waals surface area contributed by atoms with Crippen molar-refractivity contribution in [2.24, 2.45) is 5.73 Å². The van der Waals surface area contributed by atoms with Crippen molar-refractivity contribution >= 4 is 5.91 Å². The first-order valence-electron chi connectivity index (χ1n) is 7.49. The van der Waals surface area contributed by atoms with Gasteiger partial charge in [-0.3, -0.25) is 9.69 Å². The Labute approximate surface area is 126 Å². The standard InChI is InChI=1S/C16H25N3O2/c1-12(13-3-5-15(21-2)6-4-13)18-14-7-9-19(10-8-14)11-16(17)20/h3-6,12,14,18H,7-11H2,1-2H3,(H2,17,20). The van der Waals surface area contributed by atoms with Gasteiger partial charge in [0.05, 0.1) is 13.7 Å². The van der Waals surface area contributed by atoms with Crippen molar-refractivity contribution in [2.75, 3.05) is 26.7 Å². The number of ether oxygens (including phenoxy) is 1. The molecule has 5 heteroatoms. The van der Waals surface area contributed by atoms with Gasteiger partial charge in [0.1, 0.15) is 5.75 Å². The van der Waals surface area contributed by atoms with Crippen molar-refractivity contribution < 1.29 is 9.53 Å². The number of nitrogens with two attached hydrogens (primary N) is 1. The number of nitrogens with zero attached hydrogens (tertiary/aromatic N) is 1. The Morgan fingerprint density at radius 2 is 2.00 bits per heavy atom. The molecule has 3 N–H and O–H groups in total. The molecule has 0 spiro atoms. The van der Waals surface area contributed by atoms with Crippen LogP contribution < -0.4 is 15.8 Å². The van der Waals surface area contributed by atoms with Crippen molar-refractivity contribution in [1.29, 1.82) is 0 Å². The summed E-state index contributed by atoms with van der Waals surface area (Å²) in [5, 5.41) is 3.66. The molecule has 1 aliphatic heterocycles. The number of methoxy groups -OCH3 is 1. The molecule has 1 saturated heterocycles. The van der Waals surface area contributed by atoms with Gasteiger partial charge in [0.25, 0.3) is 0 Å². The molecule has 1 fully saturated rings. The van der Waals surface area contributed by atoms with E-state index in [1.807, 2.05) is 12.1 Å². The molecule has 0 aromatic heterocycles. The molecule has 1 atom stereocenters. The fraction of sp³-hybridized carbons (Fsp3) is 0.562. The highest BCUT2D eigenvalue weighted by Gasteiger charge is 2.21. The normalized spacial score (nSPS) is 18.4. The third-order valence-corrected chi connectivity index (χ3v) is 4.07. The number of amides is 1. The van der Waals surface area contributed by atoms with Crippen LogP contribution in [0.5, 0.6) is 5.75 Å². The second kappa shape index (κ2) is 7.43. The van der Waals surface area contributed by atoms with E-state index < -0.39 is 0 Å². The molecule has 0 radical (unpaired) electrons. The van der Waals surface area contributed by atoms with Crippen molar-refractivity contribution in [3.8, 4) is 5.75 Å². The Morgan fingerprint density at radius 1 is 1.38 bits per heavy atom. The molecule has 1 amide bonds. The molecular formula is C16H25N3O2. The van der Waals surface area contributed by atoms with E-state index >= 15 is 0 Å². The van der Waals surface area contributed by atoms with Gasteiger partial charge in [0.15, 0.2) is 0 Å². The molecule has 0 bridgehead atoms. The number of benzene rings is 1. The SMILES string of the molecule is COc1ccc(C(C)NC2CCN(CC(N)=O)CC2)cc1. The van der Waals surface area contributed by atoms with E-state index in [0.29, 0.717) is 18.6 Å². The minimum Gasteiger partial charge on any atom is -0.497 e. The molecule has 116 valence electrons. The van der Waals surface area contributed by atoms with E-state index in [4.69, 9.17) is 10.5 Å². The molecule has 1 unspecified atom stereocenters. The summed E-state index contributed by atoms with van der Waals surface area (Å²) < 4.78 is 5.18. The van der Waals surface area contributed by atoms with Crippen molar-refractivity contribution in [1.82, 2.24) is 10.2 Å². The van der Waals surface area contributed by atoms with Gasteiger partial charge in [-0.2, -0.15) is 0 Å². The van der Waals surface area contributed by atoms with Gasteiger partial charge < -0.3 is 15.8 Å². The van der Waals surface area contributed by atoms with Crippen LogP contribution >= 0.6 is 0 Å². The predicted octanol–water partition coefficient (Wildman–Crippen LogP) is 1.30. The molecule has 1 aliphatic rings. The van der Waals surface area contributed by atoms with Crippen molar-refractivity contribution in [3.05, 3.63) is 29.8 Å². The van der Waals surface area contributed by atoms with Crippen LogP contribution in [0.15, 0.2) is 24.3 Å². The summed E-state index contributed by atoms with van der Waals surface area (Å²) in [5.74, 6) is 0.638. The molecule has 5 nitrogen and oxygen atoms in total. The first-order valence-corrected chi connectivity index (χ1v) is 7.49. The zero-order valence-corrected chi connectivity index (χ0v) is 12.8. The van der Waals surface area contributed by atoms with E-state index in [1.54, 1.807) is 7.11 Å². The Balaban J connectivity index is 1.80. The van der Waals surface area contributed by atoms with Gasteiger partial charge in [-0.05, 0) is 37.5 Å². The zero-order chi connectivity index (χ0) is 15.2. The summed E-state index contributed by atoms with van der Waals surface area (Å²) in [7, 11) is 1.68. The largest absolute Gasteiger partial charge is 0.497 e. The lowest BCUT2D eigenvalue weighted by Gasteiger charge is -2.33. The van der Waals surface area contributed by atoms with Crippen LogP contribution in [0, 0.1) is 0 Å². The number of carbonyl (C=O) groups excluding carboxylic acids is 1. The van der Waals surface area contributed by atoms with E-state index in [9.17, 15) is 4.79 Å². The van der Waals surface area contributed by atoms with Gasteiger partial charge >= 0.3 is 0 Å². The number of hydrogen-bond acceptors (Lipinski definition) is 4. The van der Waals surface area contributed by atoms with E-state index in [2.05, 4.69) is 29.3 Å². The average Bonchev–Trinajstić information content (AvgIpc) is 2.49. The lowest BCUT2D eigenvalue weighted by atomic mass is 10.0. The van der Waals surface area contributed by atoms with Crippen LogP contribution in [0.3, 0.4) is 0 Å². The number of carbonyl (C=O) groups is 1. The van der Waals surface area contributed by atoms with E-state index in [0.717, 1.165) is 31.7 Å². The summed E-state index contributed by atoms with van der Waals surface area (Å²) >= 11 is 0. The van der Waals surface area contributed by atoms with Gasteiger partial charge in [-0.25, -0.2) is 0 Å². The number of piperidine rings is 1. The van der Waals surface area contributed by atoms with Crippen LogP contribution in [0.1, 0.15) is 31.4 Å². The Kier molecular flexibility index (Phi) is 5.59. The Bertz CT molecular complexity index is 453. The molecule has 0 aliphatic carbocycles. The molecule has 0 saturated carbocycles. The summed E-state index contributed by atoms with van der Waals surface area (Å²) in [6, 6.07) is 8.97. The Hall–Kier alpha value is -1.59. The highest BCUT2D eigenvalue weighted by molar-refractivity contribution is 5.75. The maximum Gasteiger partial charge on any atom is 0.231 e. The van der Waals surface area contributed by atoms with Crippen LogP contribution in [-0.4, -0.2) is 43.6 Å². The molecule has 1 aromatic rings. The van der Waals surface area contributed by atoms with Crippen LogP contribution in [0.2, 0.25) is 0 Å². The average molecular weight is 291 g/mol. The van der Waals surface area contributed by atoms with Gasteiger partial charge in [0.2, 0.25) is 5.91 Å². The highest BCUT2D eigenvalue weighted by atomic mass is 16.5. The number of nitrogens with one attached hydrogen (secondary N) is 1. The molecule has 1 heterocycles. The van der Waals surface area contributed by atoms with Crippen molar-refractivity contribution in [2.45, 2.75) is 31.8 Å². The molecule has 1 aromatic carbocycles. The third kappa shape index (κ3) is 4.72. The molecule has 2 rings (SSSR count). The topological polar surface area (TPSA) is 67.6 Å². The summed E-state index contributed by atoms with van der Waals surface area (Å²) in [5.41, 5.74) is 6.49. The maximum absolute atomic E-state index is 10.9.